The molecule has 1 saturated carbocycles. The Kier molecular flexibility index (Phi) is 3.23. The summed E-state index contributed by atoms with van der Waals surface area (Å²) in [7, 11) is 0. The molecule has 0 radical (unpaired) electrons. The first-order valence-electron chi connectivity index (χ1n) is 6.57. The van der Waals surface area contributed by atoms with Crippen LogP contribution < -0.4 is 0 Å². The highest BCUT2D eigenvalue weighted by atomic mass is 35.5. The molecule has 100 valence electrons. The van der Waals surface area contributed by atoms with Crippen molar-refractivity contribution in [3.63, 3.8) is 0 Å². The summed E-state index contributed by atoms with van der Waals surface area (Å²) in [5.74, 6) is -0.339. The fourth-order valence-electron chi connectivity index (χ4n) is 3.00. The fraction of sp³-hybridized carbons (Fsp3) is 0.400. The van der Waals surface area contributed by atoms with Gasteiger partial charge in [0, 0.05) is 11.3 Å². The zero-order valence-electron chi connectivity index (χ0n) is 10.4. The van der Waals surface area contributed by atoms with Crippen molar-refractivity contribution in [2.45, 2.75) is 31.6 Å². The van der Waals surface area contributed by atoms with Crippen LogP contribution in [0.3, 0.4) is 0 Å². The SMILES string of the molecule is O=C(O)C1CCCCC1c1cc2cccc(Cl)c2o1. The maximum absolute atomic E-state index is 11.4. The Morgan fingerprint density at radius 1 is 1.32 bits per heavy atom. The molecular weight excluding hydrogens is 264 g/mol. The van der Waals surface area contributed by atoms with E-state index in [0.717, 1.165) is 36.8 Å². The molecule has 1 aromatic carbocycles. The molecule has 1 heterocycles. The van der Waals surface area contributed by atoms with Crippen LogP contribution in [0, 0.1) is 5.92 Å². The molecule has 0 amide bonds. The molecule has 2 aromatic rings. The molecule has 3 nitrogen and oxygen atoms in total. The number of para-hydroxylation sites is 1. The van der Waals surface area contributed by atoms with Crippen LogP contribution in [0.25, 0.3) is 11.0 Å². The number of aliphatic carboxylic acids is 1. The lowest BCUT2D eigenvalue weighted by Gasteiger charge is -2.26. The predicted molar refractivity (Wildman–Crippen MR) is 73.6 cm³/mol. The number of carboxylic acids is 1. The van der Waals surface area contributed by atoms with Crippen molar-refractivity contribution in [3.05, 3.63) is 35.0 Å². The summed E-state index contributed by atoms with van der Waals surface area (Å²) in [6, 6.07) is 7.53. The third kappa shape index (κ3) is 2.23. The van der Waals surface area contributed by atoms with E-state index in [0.29, 0.717) is 10.6 Å². The minimum absolute atomic E-state index is 0.0327. The van der Waals surface area contributed by atoms with Gasteiger partial charge in [0.25, 0.3) is 0 Å². The highest BCUT2D eigenvalue weighted by molar-refractivity contribution is 6.34. The molecule has 4 heteroatoms. The first-order chi connectivity index (χ1) is 9.16. The van der Waals surface area contributed by atoms with Gasteiger partial charge in [-0.2, -0.15) is 0 Å². The van der Waals surface area contributed by atoms with Gasteiger partial charge in [-0.25, -0.2) is 0 Å². The lowest BCUT2D eigenvalue weighted by Crippen LogP contribution is -2.25. The van der Waals surface area contributed by atoms with Crippen LogP contribution >= 0.6 is 11.6 Å². The second-order valence-electron chi connectivity index (χ2n) is 5.14. The molecule has 0 spiro atoms. The number of fused-ring (bicyclic) bond motifs is 1. The number of carbonyl (C=O) groups is 1. The lowest BCUT2D eigenvalue weighted by molar-refractivity contribution is -0.143. The fourth-order valence-corrected chi connectivity index (χ4v) is 3.22. The quantitative estimate of drug-likeness (QED) is 0.883. The summed E-state index contributed by atoms with van der Waals surface area (Å²) in [4.78, 5) is 11.4. The minimum atomic E-state index is -0.726. The van der Waals surface area contributed by atoms with Gasteiger partial charge in [0.2, 0.25) is 0 Å². The molecule has 1 N–H and O–H groups in total. The third-order valence-corrected chi connectivity index (χ3v) is 4.26. The number of rotatable bonds is 2. The molecule has 1 fully saturated rings. The van der Waals surface area contributed by atoms with E-state index in [1.54, 1.807) is 6.07 Å². The van der Waals surface area contributed by atoms with Gasteiger partial charge in [-0.1, -0.05) is 36.6 Å². The Morgan fingerprint density at radius 2 is 2.11 bits per heavy atom. The molecular formula is C15H15ClO3. The van der Waals surface area contributed by atoms with Crippen molar-refractivity contribution < 1.29 is 14.3 Å². The van der Waals surface area contributed by atoms with Gasteiger partial charge in [0.1, 0.15) is 5.76 Å². The Labute approximate surface area is 116 Å². The van der Waals surface area contributed by atoms with Crippen LogP contribution in [0.1, 0.15) is 37.4 Å². The second-order valence-corrected chi connectivity index (χ2v) is 5.55. The smallest absolute Gasteiger partial charge is 0.307 e. The van der Waals surface area contributed by atoms with Crippen LogP contribution in [-0.4, -0.2) is 11.1 Å². The van der Waals surface area contributed by atoms with E-state index in [1.165, 1.54) is 0 Å². The summed E-state index contributed by atoms with van der Waals surface area (Å²) >= 11 is 6.10. The molecule has 1 aromatic heterocycles. The molecule has 2 unspecified atom stereocenters. The van der Waals surface area contributed by atoms with Gasteiger partial charge in [-0.05, 0) is 25.0 Å². The molecule has 0 bridgehead atoms. The number of carboxylic acid groups (broad SMARTS) is 1. The van der Waals surface area contributed by atoms with Crippen molar-refractivity contribution >= 4 is 28.5 Å². The van der Waals surface area contributed by atoms with Gasteiger partial charge in [0.05, 0.1) is 10.9 Å². The van der Waals surface area contributed by atoms with E-state index >= 15 is 0 Å². The molecule has 1 aliphatic carbocycles. The van der Waals surface area contributed by atoms with Crippen molar-refractivity contribution in [2.75, 3.05) is 0 Å². The molecule has 3 rings (SSSR count). The normalized spacial score (nSPS) is 23.6. The van der Waals surface area contributed by atoms with Gasteiger partial charge in [-0.15, -0.1) is 0 Å². The van der Waals surface area contributed by atoms with E-state index in [1.807, 2.05) is 18.2 Å². The van der Waals surface area contributed by atoms with E-state index in [4.69, 9.17) is 16.0 Å². The summed E-state index contributed by atoms with van der Waals surface area (Å²) in [6.45, 7) is 0. The maximum atomic E-state index is 11.4. The number of benzene rings is 1. The first-order valence-corrected chi connectivity index (χ1v) is 6.95. The number of furan rings is 1. The predicted octanol–water partition coefficient (Wildman–Crippen LogP) is 4.44. The topological polar surface area (TPSA) is 50.4 Å². The number of hydrogen-bond acceptors (Lipinski definition) is 2. The highest BCUT2D eigenvalue weighted by Crippen LogP contribution is 2.40. The van der Waals surface area contributed by atoms with Gasteiger partial charge in [0.15, 0.2) is 5.58 Å². The van der Waals surface area contributed by atoms with Gasteiger partial charge >= 0.3 is 5.97 Å². The molecule has 0 aliphatic heterocycles. The Bertz CT molecular complexity index is 617. The second kappa shape index (κ2) is 4.89. The minimum Gasteiger partial charge on any atom is -0.481 e. The third-order valence-electron chi connectivity index (χ3n) is 3.96. The van der Waals surface area contributed by atoms with Crippen molar-refractivity contribution in [1.82, 2.24) is 0 Å². The first kappa shape index (κ1) is 12.5. The molecule has 1 aliphatic rings. The zero-order chi connectivity index (χ0) is 13.4. The van der Waals surface area contributed by atoms with Crippen molar-refractivity contribution in [3.8, 4) is 0 Å². The number of hydrogen-bond donors (Lipinski definition) is 1. The standard InChI is InChI=1S/C15H15ClO3/c16-12-7-3-4-9-8-13(19-14(9)12)10-5-1-2-6-11(10)15(17)18/h3-4,7-8,10-11H,1-2,5-6H2,(H,17,18). The zero-order valence-corrected chi connectivity index (χ0v) is 11.2. The number of halogens is 1. The van der Waals surface area contributed by atoms with E-state index < -0.39 is 5.97 Å². The molecule has 0 saturated heterocycles. The average molecular weight is 279 g/mol. The summed E-state index contributed by atoms with van der Waals surface area (Å²) in [6.07, 6.45) is 3.63. The lowest BCUT2D eigenvalue weighted by atomic mass is 9.78. The van der Waals surface area contributed by atoms with Crippen molar-refractivity contribution in [1.29, 1.82) is 0 Å². The maximum Gasteiger partial charge on any atom is 0.307 e. The monoisotopic (exact) mass is 278 g/mol. The van der Waals surface area contributed by atoms with E-state index in [2.05, 4.69) is 0 Å². The van der Waals surface area contributed by atoms with Crippen LogP contribution in [-0.2, 0) is 4.79 Å². The summed E-state index contributed by atoms with van der Waals surface area (Å²) < 4.78 is 5.82. The van der Waals surface area contributed by atoms with Crippen LogP contribution in [0.5, 0.6) is 0 Å². The van der Waals surface area contributed by atoms with Crippen molar-refractivity contribution in [2.24, 2.45) is 5.92 Å². The van der Waals surface area contributed by atoms with Gasteiger partial charge < -0.3 is 9.52 Å². The highest BCUT2D eigenvalue weighted by Gasteiger charge is 2.34. The van der Waals surface area contributed by atoms with Crippen LogP contribution in [0.2, 0.25) is 5.02 Å². The summed E-state index contributed by atoms with van der Waals surface area (Å²) in [5.41, 5.74) is 0.661. The van der Waals surface area contributed by atoms with Crippen LogP contribution in [0.4, 0.5) is 0 Å². The Hall–Kier alpha value is -1.48. The summed E-state index contributed by atoms with van der Waals surface area (Å²) in [5, 5.41) is 10.8. The van der Waals surface area contributed by atoms with E-state index in [-0.39, 0.29) is 11.8 Å². The Balaban J connectivity index is 2.02. The van der Waals surface area contributed by atoms with E-state index in [9.17, 15) is 9.90 Å². The average Bonchev–Trinajstić information content (AvgIpc) is 2.84. The van der Waals surface area contributed by atoms with Crippen LogP contribution in [0.15, 0.2) is 28.7 Å². The van der Waals surface area contributed by atoms with Gasteiger partial charge in [-0.3, -0.25) is 4.79 Å². The Morgan fingerprint density at radius 3 is 2.84 bits per heavy atom. The molecule has 19 heavy (non-hydrogen) atoms. The molecule has 2 atom stereocenters. The largest absolute Gasteiger partial charge is 0.481 e.